The normalized spacial score (nSPS) is 13.5. The van der Waals surface area contributed by atoms with Crippen LogP contribution in [0.5, 0.6) is 0 Å². The van der Waals surface area contributed by atoms with Crippen LogP contribution in [0.4, 0.5) is 4.39 Å². The molecule has 0 aliphatic heterocycles. The Hall–Kier alpha value is -1.66. The smallest absolute Gasteiger partial charge is 0.331 e. The number of amides is 1. The van der Waals surface area contributed by atoms with E-state index in [1.165, 1.54) is 12.1 Å². The number of nitrogens with one attached hydrogen (secondary N) is 1. The van der Waals surface area contributed by atoms with Gasteiger partial charge in [0.05, 0.1) is 11.6 Å². The van der Waals surface area contributed by atoms with Crippen molar-refractivity contribution >= 4 is 24.0 Å². The van der Waals surface area contributed by atoms with Gasteiger partial charge in [0.15, 0.2) is 6.04 Å². The van der Waals surface area contributed by atoms with Gasteiger partial charge in [-0.2, -0.15) is 0 Å². The maximum Gasteiger partial charge on any atom is 0.331 e. The van der Waals surface area contributed by atoms with Crippen molar-refractivity contribution in [1.29, 1.82) is 0 Å². The van der Waals surface area contributed by atoms with E-state index < -0.39 is 23.9 Å². The van der Waals surface area contributed by atoms with Gasteiger partial charge in [0.25, 0.3) is 0 Å². The van der Waals surface area contributed by atoms with Crippen molar-refractivity contribution in [1.82, 2.24) is 5.32 Å². The Bertz CT molecular complexity index is 469. The Labute approximate surface area is 114 Å². The zero-order chi connectivity index (χ0) is 14.4. The molecule has 0 spiro atoms. The van der Waals surface area contributed by atoms with Crippen molar-refractivity contribution in [3.8, 4) is 0 Å². The van der Waals surface area contributed by atoms with Gasteiger partial charge in [-0.3, -0.25) is 4.79 Å². The second-order valence-corrected chi connectivity index (χ2v) is 4.04. The minimum absolute atomic E-state index is 0.0948. The lowest BCUT2D eigenvalue weighted by Gasteiger charge is -2.21. The predicted molar refractivity (Wildman–Crippen MR) is 66.0 cm³/mol. The quantitative estimate of drug-likeness (QED) is 0.609. The summed E-state index contributed by atoms with van der Waals surface area (Å²) in [5.41, 5.74) is 0.106. The zero-order valence-corrected chi connectivity index (χ0v) is 10.9. The fourth-order valence-electron chi connectivity index (χ4n) is 1.48. The molecular formula is C12H13ClFNO4. The Kier molecular flexibility index (Phi) is 5.72. The van der Waals surface area contributed by atoms with Crippen molar-refractivity contribution in [2.24, 2.45) is 0 Å². The van der Waals surface area contributed by atoms with Crippen LogP contribution in [0, 0.1) is 5.82 Å². The van der Waals surface area contributed by atoms with Crippen molar-refractivity contribution in [2.45, 2.75) is 19.1 Å². The number of aliphatic hydroxyl groups is 1. The Morgan fingerprint density at radius 2 is 2.32 bits per heavy atom. The molecule has 1 rings (SSSR count). The van der Waals surface area contributed by atoms with Crippen molar-refractivity contribution in [3.63, 3.8) is 0 Å². The molecule has 0 fully saturated rings. The van der Waals surface area contributed by atoms with Crippen LogP contribution in [0.15, 0.2) is 18.2 Å². The summed E-state index contributed by atoms with van der Waals surface area (Å²) in [4.78, 5) is 22.0. The topological polar surface area (TPSA) is 75.6 Å². The molecule has 5 nitrogen and oxygen atoms in total. The molecule has 1 amide bonds. The first-order valence-electron chi connectivity index (χ1n) is 5.50. The van der Waals surface area contributed by atoms with E-state index >= 15 is 0 Å². The third-order valence-corrected chi connectivity index (χ3v) is 2.70. The van der Waals surface area contributed by atoms with E-state index in [1.54, 1.807) is 6.92 Å². The molecule has 0 aliphatic carbocycles. The number of carbonyl (C=O) groups excluding carboxylic acids is 2. The Morgan fingerprint density at radius 1 is 1.63 bits per heavy atom. The Balaban J connectivity index is 2.97. The number of esters is 1. The molecule has 104 valence electrons. The maximum absolute atomic E-state index is 13.3. The minimum Gasteiger partial charge on any atom is -0.464 e. The Morgan fingerprint density at radius 3 is 2.84 bits per heavy atom. The van der Waals surface area contributed by atoms with E-state index in [0.717, 1.165) is 6.07 Å². The molecule has 0 aliphatic rings. The molecular weight excluding hydrogens is 277 g/mol. The number of benzene rings is 1. The minimum atomic E-state index is -1.43. The highest BCUT2D eigenvalue weighted by atomic mass is 35.5. The second-order valence-electron chi connectivity index (χ2n) is 3.63. The SMILES string of the molecule is CCOC(=O)C(NC=O)C(O)c1ccc(Cl)c(F)c1. The summed E-state index contributed by atoms with van der Waals surface area (Å²) < 4.78 is 18.0. The van der Waals surface area contributed by atoms with E-state index in [0.29, 0.717) is 0 Å². The van der Waals surface area contributed by atoms with E-state index in [-0.39, 0.29) is 23.6 Å². The molecule has 2 unspecified atom stereocenters. The van der Waals surface area contributed by atoms with Crippen LogP contribution in [-0.4, -0.2) is 30.1 Å². The van der Waals surface area contributed by atoms with Gasteiger partial charge < -0.3 is 15.2 Å². The van der Waals surface area contributed by atoms with E-state index in [2.05, 4.69) is 5.32 Å². The van der Waals surface area contributed by atoms with E-state index in [4.69, 9.17) is 16.3 Å². The summed E-state index contributed by atoms with van der Waals surface area (Å²) in [5, 5.41) is 12.0. The molecule has 1 aromatic carbocycles. The highest BCUT2D eigenvalue weighted by Crippen LogP contribution is 2.22. The first kappa shape index (κ1) is 15.4. The lowest BCUT2D eigenvalue weighted by molar-refractivity contribution is -0.149. The number of hydrogen-bond acceptors (Lipinski definition) is 4. The molecule has 19 heavy (non-hydrogen) atoms. The lowest BCUT2D eigenvalue weighted by atomic mass is 10.0. The summed E-state index contributed by atoms with van der Waals surface area (Å²) in [6.45, 7) is 1.68. The predicted octanol–water partition coefficient (Wildman–Crippen LogP) is 1.19. The summed E-state index contributed by atoms with van der Waals surface area (Å²) in [7, 11) is 0. The lowest BCUT2D eigenvalue weighted by Crippen LogP contribution is -2.42. The molecule has 7 heteroatoms. The molecule has 0 radical (unpaired) electrons. The fourth-order valence-corrected chi connectivity index (χ4v) is 1.60. The molecule has 2 atom stereocenters. The van der Waals surface area contributed by atoms with Gasteiger partial charge >= 0.3 is 5.97 Å². The third-order valence-electron chi connectivity index (χ3n) is 2.39. The summed E-state index contributed by atoms with van der Waals surface area (Å²) >= 11 is 5.52. The maximum atomic E-state index is 13.3. The van der Waals surface area contributed by atoms with Crippen LogP contribution in [0.25, 0.3) is 0 Å². The largest absolute Gasteiger partial charge is 0.464 e. The van der Waals surface area contributed by atoms with Gasteiger partial charge in [0, 0.05) is 0 Å². The first-order valence-corrected chi connectivity index (χ1v) is 5.88. The monoisotopic (exact) mass is 289 g/mol. The molecule has 1 aromatic rings. The number of aliphatic hydroxyl groups excluding tert-OH is 1. The second kappa shape index (κ2) is 7.06. The molecule has 0 aromatic heterocycles. The first-order chi connectivity index (χ1) is 9.01. The number of hydrogen-bond donors (Lipinski definition) is 2. The van der Waals surface area contributed by atoms with Gasteiger partial charge in [0.1, 0.15) is 11.9 Å². The molecule has 0 saturated heterocycles. The summed E-state index contributed by atoms with van der Waals surface area (Å²) in [6, 6.07) is 2.29. The number of ether oxygens (including phenoxy) is 1. The van der Waals surface area contributed by atoms with E-state index in [1.807, 2.05) is 0 Å². The average molecular weight is 290 g/mol. The highest BCUT2D eigenvalue weighted by molar-refractivity contribution is 6.30. The average Bonchev–Trinajstić information content (AvgIpc) is 2.38. The van der Waals surface area contributed by atoms with Crippen molar-refractivity contribution in [2.75, 3.05) is 6.61 Å². The van der Waals surface area contributed by atoms with Gasteiger partial charge in [-0.15, -0.1) is 0 Å². The van der Waals surface area contributed by atoms with Crippen LogP contribution < -0.4 is 5.32 Å². The van der Waals surface area contributed by atoms with Gasteiger partial charge in [-0.25, -0.2) is 9.18 Å². The molecule has 0 heterocycles. The molecule has 2 N–H and O–H groups in total. The molecule has 0 bridgehead atoms. The number of halogens is 2. The van der Waals surface area contributed by atoms with E-state index in [9.17, 15) is 19.1 Å². The van der Waals surface area contributed by atoms with Gasteiger partial charge in [-0.05, 0) is 24.6 Å². The van der Waals surface area contributed by atoms with Crippen LogP contribution >= 0.6 is 11.6 Å². The zero-order valence-electron chi connectivity index (χ0n) is 10.1. The van der Waals surface area contributed by atoms with Gasteiger partial charge in [-0.1, -0.05) is 17.7 Å². The van der Waals surface area contributed by atoms with Crippen molar-refractivity contribution in [3.05, 3.63) is 34.6 Å². The summed E-state index contributed by atoms with van der Waals surface area (Å²) in [5.74, 6) is -1.54. The van der Waals surface area contributed by atoms with Crippen LogP contribution in [0.2, 0.25) is 5.02 Å². The fraction of sp³-hybridized carbons (Fsp3) is 0.333. The summed E-state index contributed by atoms with van der Waals surface area (Å²) in [6.07, 6.45) is -1.17. The van der Waals surface area contributed by atoms with Gasteiger partial charge in [0.2, 0.25) is 6.41 Å². The molecule has 0 saturated carbocycles. The number of carbonyl (C=O) groups is 2. The van der Waals surface area contributed by atoms with Crippen LogP contribution in [0.3, 0.4) is 0 Å². The van der Waals surface area contributed by atoms with Crippen LogP contribution in [0.1, 0.15) is 18.6 Å². The van der Waals surface area contributed by atoms with Crippen molar-refractivity contribution < 1.29 is 23.8 Å². The highest BCUT2D eigenvalue weighted by Gasteiger charge is 2.29. The number of rotatable bonds is 6. The standard InChI is InChI=1S/C12H13ClFNO4/c1-2-19-12(18)10(15-6-16)11(17)7-3-4-8(13)9(14)5-7/h3-6,10-11,17H,2H2,1H3,(H,15,16). The van der Waals surface area contributed by atoms with Crippen LogP contribution in [-0.2, 0) is 14.3 Å². The third kappa shape index (κ3) is 3.90.